The van der Waals surface area contributed by atoms with Crippen LogP contribution in [0.3, 0.4) is 0 Å². The van der Waals surface area contributed by atoms with Crippen LogP contribution in [0.25, 0.3) is 0 Å². The Morgan fingerprint density at radius 3 is 2.60 bits per heavy atom. The first-order chi connectivity index (χ1) is 9.28. The first-order valence-electron chi connectivity index (χ1n) is 6.53. The summed E-state index contributed by atoms with van der Waals surface area (Å²) in [5, 5.41) is 9.07. The molecule has 0 unspecified atom stereocenters. The molecule has 0 saturated carbocycles. The molecule has 0 bridgehead atoms. The van der Waals surface area contributed by atoms with Crippen molar-refractivity contribution in [2.45, 2.75) is 39.3 Å². The molecule has 0 radical (unpaired) electrons. The number of ether oxygens (including phenoxy) is 1. The van der Waals surface area contributed by atoms with Crippen molar-refractivity contribution >= 4 is 12.1 Å². The van der Waals surface area contributed by atoms with Gasteiger partial charge in [-0.25, -0.2) is 14.6 Å². The van der Waals surface area contributed by atoms with Gasteiger partial charge in [0.05, 0.1) is 12.0 Å². The zero-order valence-corrected chi connectivity index (χ0v) is 11.9. The summed E-state index contributed by atoms with van der Waals surface area (Å²) in [4.78, 5) is 28.6. The summed E-state index contributed by atoms with van der Waals surface area (Å²) in [6, 6.07) is 0. The highest BCUT2D eigenvalue weighted by atomic mass is 16.6. The van der Waals surface area contributed by atoms with E-state index in [0.29, 0.717) is 31.7 Å². The number of carbonyl (C=O) groups excluding carboxylic acids is 1. The maximum Gasteiger partial charge on any atom is 0.410 e. The van der Waals surface area contributed by atoms with E-state index in [4.69, 9.17) is 9.84 Å². The van der Waals surface area contributed by atoms with Crippen LogP contribution in [0.2, 0.25) is 0 Å². The summed E-state index contributed by atoms with van der Waals surface area (Å²) in [7, 11) is 0. The summed E-state index contributed by atoms with van der Waals surface area (Å²) in [6.45, 7) is 6.89. The lowest BCUT2D eigenvalue weighted by Gasteiger charge is -2.26. The monoisotopic (exact) mass is 281 g/mol. The highest BCUT2D eigenvalue weighted by Crippen LogP contribution is 2.16. The molecule has 1 aromatic heterocycles. The standard InChI is InChI=1S/C13H19N3O4/c1-13(2,3)20-12(19)15-5-4-9-10(11(17)18)14-8-16(9)7-6-15/h8H,4-7H2,1-3H3,(H,17,18). The van der Waals surface area contributed by atoms with Crippen LogP contribution < -0.4 is 0 Å². The Bertz CT molecular complexity index is 530. The van der Waals surface area contributed by atoms with E-state index in [1.165, 1.54) is 6.33 Å². The van der Waals surface area contributed by atoms with E-state index >= 15 is 0 Å². The average molecular weight is 281 g/mol. The largest absolute Gasteiger partial charge is 0.476 e. The molecule has 0 saturated heterocycles. The molecule has 20 heavy (non-hydrogen) atoms. The van der Waals surface area contributed by atoms with Crippen molar-refractivity contribution in [3.05, 3.63) is 17.7 Å². The molecule has 1 aromatic rings. The van der Waals surface area contributed by atoms with Crippen LogP contribution in [0.15, 0.2) is 6.33 Å². The molecule has 110 valence electrons. The third-order valence-corrected chi connectivity index (χ3v) is 3.03. The molecule has 0 aromatic carbocycles. The maximum absolute atomic E-state index is 12.0. The Morgan fingerprint density at radius 2 is 2.00 bits per heavy atom. The number of aromatic nitrogens is 2. The van der Waals surface area contributed by atoms with Gasteiger partial charge in [0, 0.05) is 26.1 Å². The van der Waals surface area contributed by atoms with Crippen molar-refractivity contribution in [2.75, 3.05) is 13.1 Å². The van der Waals surface area contributed by atoms with Gasteiger partial charge in [-0.05, 0) is 20.8 Å². The Hall–Kier alpha value is -2.05. The second-order valence-corrected chi connectivity index (χ2v) is 5.76. The van der Waals surface area contributed by atoms with Gasteiger partial charge in [0.2, 0.25) is 0 Å². The average Bonchev–Trinajstić information content (AvgIpc) is 2.59. The number of aromatic carboxylic acids is 1. The topological polar surface area (TPSA) is 84.7 Å². The van der Waals surface area contributed by atoms with E-state index < -0.39 is 11.6 Å². The first kappa shape index (κ1) is 14.4. The number of carbonyl (C=O) groups is 2. The van der Waals surface area contributed by atoms with Crippen molar-refractivity contribution in [3.63, 3.8) is 0 Å². The maximum atomic E-state index is 12.0. The molecule has 7 nitrogen and oxygen atoms in total. The fourth-order valence-corrected chi connectivity index (χ4v) is 2.13. The van der Waals surface area contributed by atoms with Crippen LogP contribution in [-0.2, 0) is 17.7 Å². The third kappa shape index (κ3) is 3.09. The van der Waals surface area contributed by atoms with Crippen LogP contribution in [0.1, 0.15) is 37.0 Å². The number of carboxylic acid groups (broad SMARTS) is 1. The molecule has 1 aliphatic heterocycles. The van der Waals surface area contributed by atoms with E-state index in [0.717, 1.165) is 0 Å². The quantitative estimate of drug-likeness (QED) is 0.840. The normalized spacial score (nSPS) is 15.4. The minimum absolute atomic E-state index is 0.0658. The Balaban J connectivity index is 2.08. The van der Waals surface area contributed by atoms with Gasteiger partial charge in [-0.2, -0.15) is 0 Å². The lowest BCUT2D eigenvalue weighted by Crippen LogP contribution is -2.38. The van der Waals surface area contributed by atoms with E-state index in [9.17, 15) is 9.59 Å². The van der Waals surface area contributed by atoms with Crippen molar-refractivity contribution in [1.82, 2.24) is 14.5 Å². The van der Waals surface area contributed by atoms with E-state index in [1.54, 1.807) is 9.47 Å². The van der Waals surface area contributed by atoms with Gasteiger partial charge in [-0.1, -0.05) is 0 Å². The lowest BCUT2D eigenvalue weighted by atomic mass is 10.2. The fraction of sp³-hybridized carbons (Fsp3) is 0.615. The van der Waals surface area contributed by atoms with Gasteiger partial charge in [-0.15, -0.1) is 0 Å². The molecule has 0 atom stereocenters. The highest BCUT2D eigenvalue weighted by molar-refractivity contribution is 5.86. The first-order valence-corrected chi connectivity index (χ1v) is 6.53. The van der Waals surface area contributed by atoms with Crippen LogP contribution in [0, 0.1) is 0 Å². The molecular formula is C13H19N3O4. The number of imidazole rings is 1. The predicted octanol–water partition coefficient (Wildman–Crippen LogP) is 1.37. The molecule has 2 heterocycles. The van der Waals surface area contributed by atoms with E-state index in [2.05, 4.69) is 4.98 Å². The number of amides is 1. The van der Waals surface area contributed by atoms with Crippen LogP contribution in [0.4, 0.5) is 4.79 Å². The molecule has 2 rings (SSSR count). The zero-order chi connectivity index (χ0) is 14.9. The summed E-state index contributed by atoms with van der Waals surface area (Å²) in [6.07, 6.45) is 1.60. The van der Waals surface area contributed by atoms with Gasteiger partial charge < -0.3 is 19.3 Å². The summed E-state index contributed by atoms with van der Waals surface area (Å²) < 4.78 is 7.12. The van der Waals surface area contributed by atoms with E-state index in [-0.39, 0.29) is 11.8 Å². The number of fused-ring (bicyclic) bond motifs is 1. The number of hydrogen-bond acceptors (Lipinski definition) is 4. The van der Waals surface area contributed by atoms with Gasteiger partial charge >= 0.3 is 12.1 Å². The summed E-state index contributed by atoms with van der Waals surface area (Å²) in [5.74, 6) is -1.04. The fourth-order valence-electron chi connectivity index (χ4n) is 2.13. The molecule has 0 aliphatic carbocycles. The van der Waals surface area contributed by atoms with Crippen LogP contribution in [-0.4, -0.2) is 50.3 Å². The van der Waals surface area contributed by atoms with Gasteiger partial charge in [0.25, 0.3) is 0 Å². The molecule has 0 fully saturated rings. The van der Waals surface area contributed by atoms with Gasteiger partial charge in [0.1, 0.15) is 5.60 Å². The second-order valence-electron chi connectivity index (χ2n) is 5.76. The number of rotatable bonds is 1. The summed E-state index contributed by atoms with van der Waals surface area (Å²) >= 11 is 0. The Morgan fingerprint density at radius 1 is 1.30 bits per heavy atom. The van der Waals surface area contributed by atoms with Crippen molar-refractivity contribution in [3.8, 4) is 0 Å². The SMILES string of the molecule is CC(C)(C)OC(=O)N1CCc2c(C(=O)O)ncn2CC1. The molecule has 0 spiro atoms. The number of hydrogen-bond donors (Lipinski definition) is 1. The molecule has 7 heteroatoms. The Labute approximate surface area is 117 Å². The predicted molar refractivity (Wildman–Crippen MR) is 70.7 cm³/mol. The number of carboxylic acids is 1. The number of nitrogens with zero attached hydrogens (tertiary/aromatic N) is 3. The molecular weight excluding hydrogens is 262 g/mol. The van der Waals surface area contributed by atoms with Crippen molar-refractivity contribution < 1.29 is 19.4 Å². The zero-order valence-electron chi connectivity index (χ0n) is 11.9. The van der Waals surface area contributed by atoms with Crippen molar-refractivity contribution in [1.29, 1.82) is 0 Å². The van der Waals surface area contributed by atoms with Crippen LogP contribution in [0.5, 0.6) is 0 Å². The lowest BCUT2D eigenvalue weighted by molar-refractivity contribution is 0.0254. The van der Waals surface area contributed by atoms with E-state index in [1.807, 2.05) is 20.8 Å². The summed E-state index contributed by atoms with van der Waals surface area (Å²) in [5.41, 5.74) is 0.187. The Kier molecular flexibility index (Phi) is 3.69. The van der Waals surface area contributed by atoms with Gasteiger partial charge in [-0.3, -0.25) is 0 Å². The molecule has 1 amide bonds. The second kappa shape index (κ2) is 5.15. The minimum atomic E-state index is -1.04. The van der Waals surface area contributed by atoms with Crippen LogP contribution >= 0.6 is 0 Å². The van der Waals surface area contributed by atoms with Crippen molar-refractivity contribution in [2.24, 2.45) is 0 Å². The smallest absolute Gasteiger partial charge is 0.410 e. The van der Waals surface area contributed by atoms with Gasteiger partial charge in [0.15, 0.2) is 5.69 Å². The minimum Gasteiger partial charge on any atom is -0.476 e. The molecule has 1 N–H and O–H groups in total. The molecule has 1 aliphatic rings. The highest BCUT2D eigenvalue weighted by Gasteiger charge is 2.26. The third-order valence-electron chi connectivity index (χ3n) is 3.03.